The van der Waals surface area contributed by atoms with Gasteiger partial charge < -0.3 is 4.74 Å². The van der Waals surface area contributed by atoms with Gasteiger partial charge in [-0.05, 0) is 55.9 Å². The summed E-state index contributed by atoms with van der Waals surface area (Å²) in [7, 11) is 0. The molecule has 3 aromatic rings. The number of rotatable bonds is 6. The Morgan fingerprint density at radius 2 is 1.44 bits per heavy atom. The molecular weight excluding hydrogens is 454 g/mol. The Morgan fingerprint density at radius 1 is 0.806 bits per heavy atom. The molecule has 4 atom stereocenters. The highest BCUT2D eigenvalue weighted by atomic mass is 16.5. The van der Waals surface area contributed by atoms with Crippen LogP contribution in [0.15, 0.2) is 84.9 Å². The zero-order valence-corrected chi connectivity index (χ0v) is 20.0. The summed E-state index contributed by atoms with van der Waals surface area (Å²) in [6, 6.07) is 25.0. The number of nitrogens with zero attached hydrogens (tertiary/aromatic N) is 1. The third-order valence-corrected chi connectivity index (χ3v) is 7.25. The highest BCUT2D eigenvalue weighted by molar-refractivity contribution is 6.22. The van der Waals surface area contributed by atoms with Gasteiger partial charge in [-0.3, -0.25) is 19.3 Å². The van der Waals surface area contributed by atoms with Crippen LogP contribution in [0, 0.1) is 11.8 Å². The van der Waals surface area contributed by atoms with Crippen LogP contribution in [0.4, 0.5) is 5.69 Å². The number of amides is 2. The molecule has 0 N–H and O–H groups in total. The van der Waals surface area contributed by atoms with Gasteiger partial charge in [-0.15, -0.1) is 0 Å². The van der Waals surface area contributed by atoms with Crippen molar-refractivity contribution in [2.24, 2.45) is 11.8 Å². The van der Waals surface area contributed by atoms with Crippen LogP contribution in [0.25, 0.3) is 0 Å². The zero-order chi connectivity index (χ0) is 25.2. The Morgan fingerprint density at radius 3 is 2.17 bits per heavy atom. The molecule has 1 saturated carbocycles. The van der Waals surface area contributed by atoms with E-state index >= 15 is 0 Å². The summed E-state index contributed by atoms with van der Waals surface area (Å²) in [5.41, 5.74) is 2.18. The molecule has 36 heavy (non-hydrogen) atoms. The van der Waals surface area contributed by atoms with Crippen molar-refractivity contribution >= 4 is 29.3 Å². The molecule has 1 aliphatic carbocycles. The molecule has 1 heterocycles. The molecule has 0 spiro atoms. The minimum atomic E-state index is -0.976. The molecule has 1 saturated heterocycles. The van der Waals surface area contributed by atoms with Crippen molar-refractivity contribution in [3.05, 3.63) is 102 Å². The van der Waals surface area contributed by atoms with Crippen molar-refractivity contribution in [1.82, 2.24) is 0 Å². The Bertz CT molecular complexity index is 1300. The van der Waals surface area contributed by atoms with E-state index in [2.05, 4.69) is 12.1 Å². The van der Waals surface area contributed by atoms with Crippen LogP contribution < -0.4 is 4.90 Å². The van der Waals surface area contributed by atoms with Crippen LogP contribution in [0.1, 0.15) is 58.4 Å². The van der Waals surface area contributed by atoms with Gasteiger partial charge in [-0.25, -0.2) is 4.79 Å². The van der Waals surface area contributed by atoms with E-state index in [-0.39, 0.29) is 40.9 Å². The second kappa shape index (κ2) is 9.90. The summed E-state index contributed by atoms with van der Waals surface area (Å²) in [4.78, 5) is 53.2. The van der Waals surface area contributed by atoms with E-state index in [1.54, 1.807) is 48.5 Å². The lowest BCUT2D eigenvalue weighted by Gasteiger charge is -2.28. The largest absolute Gasteiger partial charge is 0.451 e. The van der Waals surface area contributed by atoms with Crippen LogP contribution in [0.5, 0.6) is 0 Å². The van der Waals surface area contributed by atoms with Gasteiger partial charge in [0.05, 0.1) is 23.1 Å². The molecular formula is C30H27NO5. The quantitative estimate of drug-likeness (QED) is 0.275. The van der Waals surface area contributed by atoms with E-state index in [9.17, 15) is 19.2 Å². The number of fused-ring (bicyclic) bond motifs is 1. The summed E-state index contributed by atoms with van der Waals surface area (Å²) in [5.74, 6) is -1.88. The Labute approximate surface area is 209 Å². The lowest BCUT2D eigenvalue weighted by atomic mass is 9.73. The maximum Gasteiger partial charge on any atom is 0.338 e. The second-order valence-corrected chi connectivity index (χ2v) is 9.47. The minimum absolute atomic E-state index is 0.179. The maximum absolute atomic E-state index is 13.4. The van der Waals surface area contributed by atoms with Crippen molar-refractivity contribution in [2.75, 3.05) is 4.90 Å². The molecule has 0 unspecified atom stereocenters. The van der Waals surface area contributed by atoms with Gasteiger partial charge in [-0.2, -0.15) is 0 Å². The summed E-state index contributed by atoms with van der Waals surface area (Å²) in [6.45, 7) is 1.53. The van der Waals surface area contributed by atoms with E-state index in [1.165, 1.54) is 23.5 Å². The van der Waals surface area contributed by atoms with Crippen LogP contribution >= 0.6 is 0 Å². The van der Waals surface area contributed by atoms with Crippen LogP contribution in [0.3, 0.4) is 0 Å². The molecule has 0 bridgehead atoms. The lowest BCUT2D eigenvalue weighted by molar-refractivity contribution is -0.122. The first-order chi connectivity index (χ1) is 17.4. The fourth-order valence-electron chi connectivity index (χ4n) is 5.35. The van der Waals surface area contributed by atoms with Crippen molar-refractivity contribution < 1.29 is 23.9 Å². The monoisotopic (exact) mass is 481 g/mol. The Kier molecular flexibility index (Phi) is 6.51. The fraction of sp³-hybridized carbons (Fsp3) is 0.267. The predicted molar refractivity (Wildman–Crippen MR) is 135 cm³/mol. The Balaban J connectivity index is 1.31. The highest BCUT2D eigenvalue weighted by Crippen LogP contribution is 2.45. The summed E-state index contributed by atoms with van der Waals surface area (Å²) < 4.78 is 5.40. The van der Waals surface area contributed by atoms with Crippen molar-refractivity contribution in [3.63, 3.8) is 0 Å². The number of anilines is 1. The number of hydrogen-bond acceptors (Lipinski definition) is 5. The van der Waals surface area contributed by atoms with E-state index in [4.69, 9.17) is 4.74 Å². The average Bonchev–Trinajstić information content (AvgIpc) is 3.18. The van der Waals surface area contributed by atoms with E-state index < -0.39 is 12.1 Å². The van der Waals surface area contributed by atoms with E-state index in [0.717, 1.165) is 6.42 Å². The lowest BCUT2D eigenvalue weighted by Crippen LogP contribution is -2.31. The summed E-state index contributed by atoms with van der Waals surface area (Å²) in [6.07, 6.45) is 1.18. The van der Waals surface area contributed by atoms with Crippen LogP contribution in [-0.4, -0.2) is 29.7 Å². The standard InChI is InChI=1S/C30H27NO5/c1-19(27(32)21-11-6-3-7-12-21)36-30(35)23-13-8-14-24(17-23)31-28(33)25-16-15-22(18-26(25)29(31)34)20-9-4-2-5-10-20/h2-14,17,19,22,25-26H,15-16,18H2,1H3/t19-,22+,25-,26+/m1/s1. The summed E-state index contributed by atoms with van der Waals surface area (Å²) >= 11 is 0. The normalized spacial score (nSPS) is 22.1. The SMILES string of the molecule is C[C@@H](OC(=O)c1cccc(N2C(=O)[C@H]3C[C@@H](c4ccccc4)CC[C@H]3C2=O)c1)C(=O)c1ccccc1. The van der Waals surface area contributed by atoms with Gasteiger partial charge in [0.1, 0.15) is 0 Å². The number of ketones is 1. The third-order valence-electron chi connectivity index (χ3n) is 7.25. The van der Waals surface area contributed by atoms with Gasteiger partial charge in [-0.1, -0.05) is 66.7 Å². The number of carbonyl (C=O) groups is 4. The third kappa shape index (κ3) is 4.47. The van der Waals surface area contributed by atoms with Crippen LogP contribution in [-0.2, 0) is 14.3 Å². The molecule has 6 heteroatoms. The molecule has 2 fully saturated rings. The number of hydrogen-bond donors (Lipinski definition) is 0. The van der Waals surface area contributed by atoms with Gasteiger partial charge >= 0.3 is 5.97 Å². The first-order valence-electron chi connectivity index (χ1n) is 12.3. The highest BCUT2D eigenvalue weighted by Gasteiger charge is 2.50. The minimum Gasteiger partial charge on any atom is -0.451 e. The summed E-state index contributed by atoms with van der Waals surface area (Å²) in [5, 5.41) is 0. The van der Waals surface area contributed by atoms with Crippen molar-refractivity contribution in [3.8, 4) is 0 Å². The van der Waals surface area contributed by atoms with Gasteiger partial charge in [0, 0.05) is 5.56 Å². The number of esters is 1. The number of benzene rings is 3. The molecule has 6 nitrogen and oxygen atoms in total. The molecule has 0 radical (unpaired) electrons. The van der Waals surface area contributed by atoms with Gasteiger partial charge in [0.25, 0.3) is 0 Å². The van der Waals surface area contributed by atoms with Gasteiger partial charge in [0.15, 0.2) is 6.10 Å². The molecule has 5 rings (SSSR count). The first kappa shape index (κ1) is 23.7. The second-order valence-electron chi connectivity index (χ2n) is 9.47. The van der Waals surface area contributed by atoms with E-state index in [0.29, 0.717) is 24.1 Å². The number of imide groups is 1. The van der Waals surface area contributed by atoms with Crippen molar-refractivity contribution in [1.29, 1.82) is 0 Å². The smallest absolute Gasteiger partial charge is 0.338 e. The van der Waals surface area contributed by atoms with Gasteiger partial charge in [0.2, 0.25) is 17.6 Å². The predicted octanol–water partition coefficient (Wildman–Crippen LogP) is 5.19. The molecule has 0 aromatic heterocycles. The first-order valence-corrected chi connectivity index (χ1v) is 12.3. The number of Topliss-reactive ketones (excluding diaryl/α,β-unsaturated/α-hetero) is 1. The molecule has 1 aliphatic heterocycles. The maximum atomic E-state index is 13.4. The van der Waals surface area contributed by atoms with Crippen LogP contribution in [0.2, 0.25) is 0 Å². The van der Waals surface area contributed by atoms with Crippen molar-refractivity contribution in [2.45, 2.75) is 38.2 Å². The molecule has 2 amide bonds. The molecule has 182 valence electrons. The zero-order valence-electron chi connectivity index (χ0n) is 20.0. The van der Waals surface area contributed by atoms with E-state index in [1.807, 2.05) is 18.2 Å². The Hall–Kier alpha value is -4.06. The topological polar surface area (TPSA) is 80.8 Å². The molecule has 2 aliphatic rings. The average molecular weight is 482 g/mol. The fourth-order valence-corrected chi connectivity index (χ4v) is 5.35. The number of ether oxygens (including phenoxy) is 1. The molecule has 3 aromatic carbocycles. The number of carbonyl (C=O) groups excluding carboxylic acids is 4.